The molecule has 7 nitrogen and oxygen atoms in total. The Morgan fingerprint density at radius 2 is 1.32 bits per heavy atom. The number of guanidine groups is 1. The third-order valence-corrected chi connectivity index (χ3v) is 3.99. The third-order valence-electron chi connectivity index (χ3n) is 3.99. The minimum absolute atomic E-state index is 0. The summed E-state index contributed by atoms with van der Waals surface area (Å²) in [5, 5.41) is 6.44. The van der Waals surface area contributed by atoms with Gasteiger partial charge < -0.3 is 21.3 Å². The van der Waals surface area contributed by atoms with E-state index in [1.807, 2.05) is 36.4 Å². The van der Waals surface area contributed by atoms with Crippen LogP contribution >= 0.6 is 24.0 Å². The van der Waals surface area contributed by atoms with Gasteiger partial charge in [0, 0.05) is 45.4 Å². The molecule has 0 fully saturated rings. The predicted octanol–water partition coefficient (Wildman–Crippen LogP) is 1.97. The van der Waals surface area contributed by atoms with E-state index >= 15 is 0 Å². The van der Waals surface area contributed by atoms with Crippen LogP contribution in [0, 0.1) is 0 Å². The molecule has 2 aromatic rings. The predicted molar refractivity (Wildman–Crippen MR) is 122 cm³/mol. The fourth-order valence-corrected chi connectivity index (χ4v) is 2.40. The van der Waals surface area contributed by atoms with Crippen molar-refractivity contribution in [1.82, 2.24) is 15.5 Å². The quantitative estimate of drug-likeness (QED) is 0.324. The average Bonchev–Trinajstić information content (AvgIpc) is 2.68. The van der Waals surface area contributed by atoms with Gasteiger partial charge in [-0.15, -0.1) is 24.0 Å². The highest BCUT2D eigenvalue weighted by molar-refractivity contribution is 14.0. The van der Waals surface area contributed by atoms with E-state index in [1.165, 1.54) is 0 Å². The second kappa shape index (κ2) is 11.3. The molecule has 0 radical (unpaired) electrons. The summed E-state index contributed by atoms with van der Waals surface area (Å²) in [6.07, 6.45) is 0. The molecule has 0 spiro atoms. The minimum Gasteiger partial charge on any atom is -0.366 e. The van der Waals surface area contributed by atoms with Crippen LogP contribution in [0.2, 0.25) is 0 Å². The Morgan fingerprint density at radius 1 is 0.893 bits per heavy atom. The van der Waals surface area contributed by atoms with Crippen LogP contribution in [-0.2, 0) is 13.1 Å². The average molecular weight is 495 g/mol. The van der Waals surface area contributed by atoms with E-state index < -0.39 is 5.91 Å². The number of nitrogens with zero attached hydrogens (tertiary/aromatic N) is 2. The van der Waals surface area contributed by atoms with E-state index in [1.54, 1.807) is 38.2 Å². The molecule has 2 aromatic carbocycles. The second-order valence-electron chi connectivity index (χ2n) is 6.24. The molecule has 0 heterocycles. The van der Waals surface area contributed by atoms with Gasteiger partial charge in [-0.05, 0) is 35.4 Å². The highest BCUT2D eigenvalue weighted by atomic mass is 127. The van der Waals surface area contributed by atoms with E-state index in [0.717, 1.165) is 11.1 Å². The van der Waals surface area contributed by atoms with Gasteiger partial charge in [-0.3, -0.25) is 14.6 Å². The highest BCUT2D eigenvalue weighted by Crippen LogP contribution is 2.07. The Bertz CT molecular complexity index is 817. The van der Waals surface area contributed by atoms with Crippen molar-refractivity contribution in [3.8, 4) is 0 Å². The van der Waals surface area contributed by atoms with Crippen molar-refractivity contribution in [2.45, 2.75) is 13.1 Å². The number of carbonyl (C=O) groups is 2. The molecule has 8 heteroatoms. The molecule has 0 aliphatic carbocycles. The van der Waals surface area contributed by atoms with Crippen molar-refractivity contribution in [3.63, 3.8) is 0 Å². The lowest BCUT2D eigenvalue weighted by Crippen LogP contribution is -2.36. The van der Waals surface area contributed by atoms with Crippen molar-refractivity contribution in [1.29, 1.82) is 0 Å². The van der Waals surface area contributed by atoms with Gasteiger partial charge in [-0.1, -0.05) is 24.3 Å². The summed E-state index contributed by atoms with van der Waals surface area (Å²) < 4.78 is 0. The van der Waals surface area contributed by atoms with Gasteiger partial charge in [0.15, 0.2) is 5.96 Å². The number of primary amides is 1. The molecule has 0 aromatic heterocycles. The lowest BCUT2D eigenvalue weighted by Gasteiger charge is -2.13. The largest absolute Gasteiger partial charge is 0.366 e. The maximum atomic E-state index is 11.9. The molecular weight excluding hydrogens is 469 g/mol. The number of nitrogens with two attached hydrogens (primary N) is 1. The molecule has 0 saturated carbocycles. The minimum atomic E-state index is -0.440. The van der Waals surface area contributed by atoms with Gasteiger partial charge in [0.25, 0.3) is 5.91 Å². The van der Waals surface area contributed by atoms with E-state index in [0.29, 0.717) is 30.2 Å². The third kappa shape index (κ3) is 6.84. The molecule has 2 rings (SSSR count). The van der Waals surface area contributed by atoms with Gasteiger partial charge in [0.05, 0.1) is 0 Å². The number of amides is 2. The number of aliphatic imine (C=N–C) groups is 1. The monoisotopic (exact) mass is 495 g/mol. The SMILES string of the molecule is CN=C(NCc1ccc(C(N)=O)cc1)NCc1ccc(C(=O)N(C)C)cc1.I. The summed E-state index contributed by atoms with van der Waals surface area (Å²) in [6.45, 7) is 1.14. The number of carbonyl (C=O) groups excluding carboxylic acids is 2. The Morgan fingerprint density at radius 3 is 1.68 bits per heavy atom. The maximum absolute atomic E-state index is 11.9. The Labute approximate surface area is 182 Å². The summed E-state index contributed by atoms with van der Waals surface area (Å²) >= 11 is 0. The molecule has 0 bridgehead atoms. The molecule has 0 aliphatic rings. The smallest absolute Gasteiger partial charge is 0.253 e. The van der Waals surface area contributed by atoms with Crippen LogP contribution in [-0.4, -0.2) is 43.8 Å². The highest BCUT2D eigenvalue weighted by Gasteiger charge is 2.07. The van der Waals surface area contributed by atoms with Crippen molar-refractivity contribution in [3.05, 3.63) is 70.8 Å². The fraction of sp³-hybridized carbons (Fsp3) is 0.250. The van der Waals surface area contributed by atoms with Crippen LogP contribution in [0.4, 0.5) is 0 Å². The van der Waals surface area contributed by atoms with Crippen LogP contribution in [0.1, 0.15) is 31.8 Å². The molecule has 150 valence electrons. The lowest BCUT2D eigenvalue weighted by molar-refractivity contribution is 0.0827. The standard InChI is InChI=1S/C20H25N5O2.HI/c1-22-20(23-12-14-4-8-16(9-5-14)18(21)26)24-13-15-6-10-17(11-7-15)19(27)25(2)3;/h4-11H,12-13H2,1-3H3,(H2,21,26)(H2,22,23,24);1H. The zero-order chi connectivity index (χ0) is 19.8. The van der Waals surface area contributed by atoms with Crippen molar-refractivity contribution >= 4 is 41.8 Å². The number of rotatable bonds is 6. The van der Waals surface area contributed by atoms with Crippen molar-refractivity contribution in [2.24, 2.45) is 10.7 Å². The summed E-state index contributed by atoms with van der Waals surface area (Å²) in [5.74, 6) is 0.196. The Hall–Kier alpha value is -2.62. The zero-order valence-corrected chi connectivity index (χ0v) is 18.6. The maximum Gasteiger partial charge on any atom is 0.253 e. The lowest BCUT2D eigenvalue weighted by atomic mass is 10.1. The van der Waals surface area contributed by atoms with Gasteiger partial charge >= 0.3 is 0 Å². The van der Waals surface area contributed by atoms with Crippen molar-refractivity contribution in [2.75, 3.05) is 21.1 Å². The summed E-state index contributed by atoms with van der Waals surface area (Å²) in [6, 6.07) is 14.6. The van der Waals surface area contributed by atoms with E-state index in [4.69, 9.17) is 5.73 Å². The van der Waals surface area contributed by atoms with Crippen LogP contribution < -0.4 is 16.4 Å². The number of hydrogen-bond donors (Lipinski definition) is 3. The Balaban J connectivity index is 0.00000392. The molecule has 4 N–H and O–H groups in total. The first kappa shape index (κ1) is 23.4. The van der Waals surface area contributed by atoms with E-state index in [9.17, 15) is 9.59 Å². The number of halogens is 1. The normalized spacial score (nSPS) is 10.6. The number of hydrogen-bond acceptors (Lipinski definition) is 3. The van der Waals surface area contributed by atoms with Gasteiger partial charge in [-0.2, -0.15) is 0 Å². The molecule has 0 atom stereocenters. The molecule has 2 amide bonds. The first-order valence-electron chi connectivity index (χ1n) is 8.54. The number of nitrogens with one attached hydrogen (secondary N) is 2. The van der Waals surface area contributed by atoms with Crippen LogP contribution in [0.15, 0.2) is 53.5 Å². The van der Waals surface area contributed by atoms with Crippen molar-refractivity contribution < 1.29 is 9.59 Å². The molecule has 0 saturated heterocycles. The second-order valence-corrected chi connectivity index (χ2v) is 6.24. The van der Waals surface area contributed by atoms with Crippen LogP contribution in [0.5, 0.6) is 0 Å². The van der Waals surface area contributed by atoms with Crippen LogP contribution in [0.25, 0.3) is 0 Å². The van der Waals surface area contributed by atoms with E-state index in [2.05, 4.69) is 15.6 Å². The first-order chi connectivity index (χ1) is 12.9. The summed E-state index contributed by atoms with van der Waals surface area (Å²) in [4.78, 5) is 28.7. The zero-order valence-electron chi connectivity index (χ0n) is 16.2. The molecule has 0 aliphatic heterocycles. The van der Waals surface area contributed by atoms with Crippen LogP contribution in [0.3, 0.4) is 0 Å². The fourth-order valence-electron chi connectivity index (χ4n) is 2.40. The summed E-state index contributed by atoms with van der Waals surface area (Å²) in [7, 11) is 5.16. The first-order valence-corrected chi connectivity index (χ1v) is 8.54. The van der Waals surface area contributed by atoms with Gasteiger partial charge in [0.1, 0.15) is 0 Å². The molecule has 0 unspecified atom stereocenters. The van der Waals surface area contributed by atoms with E-state index in [-0.39, 0.29) is 29.9 Å². The Kier molecular flexibility index (Phi) is 9.43. The molecule has 28 heavy (non-hydrogen) atoms. The summed E-state index contributed by atoms with van der Waals surface area (Å²) in [5.41, 5.74) is 8.43. The molecular formula is C20H26IN5O2. The van der Waals surface area contributed by atoms with Gasteiger partial charge in [-0.25, -0.2) is 0 Å². The van der Waals surface area contributed by atoms with Gasteiger partial charge in [0.2, 0.25) is 5.91 Å². The number of benzene rings is 2. The topological polar surface area (TPSA) is 99.8 Å².